The van der Waals surface area contributed by atoms with Gasteiger partial charge in [-0.05, 0) is 39.0 Å². The van der Waals surface area contributed by atoms with Crippen LogP contribution in [-0.2, 0) is 0 Å². The quantitative estimate of drug-likeness (QED) is 0.630. The molecule has 0 saturated carbocycles. The number of nitrogens with two attached hydrogens (primary N) is 1. The third kappa shape index (κ3) is 4.47. The van der Waals surface area contributed by atoms with Gasteiger partial charge < -0.3 is 10.6 Å². The first kappa shape index (κ1) is 22.2. The number of rotatable bonds is 5. The van der Waals surface area contributed by atoms with Crippen LogP contribution in [0.15, 0.2) is 24.3 Å². The summed E-state index contributed by atoms with van der Waals surface area (Å²) in [6.45, 7) is 9.21. The third-order valence-corrected chi connectivity index (χ3v) is 5.81. The third-order valence-electron chi connectivity index (χ3n) is 5.81. The Kier molecular flexibility index (Phi) is 6.20. The van der Waals surface area contributed by atoms with Gasteiger partial charge in [0.05, 0.1) is 17.5 Å². The summed E-state index contributed by atoms with van der Waals surface area (Å²) in [5.41, 5.74) is 8.98. The van der Waals surface area contributed by atoms with E-state index in [2.05, 4.69) is 43.9 Å². The number of hydrogen-bond acceptors (Lipinski definition) is 9. The van der Waals surface area contributed by atoms with Gasteiger partial charge in [-0.15, -0.1) is 0 Å². The summed E-state index contributed by atoms with van der Waals surface area (Å²) < 4.78 is 1.61. The van der Waals surface area contributed by atoms with Crippen LogP contribution in [-0.4, -0.2) is 61.9 Å². The Bertz CT molecular complexity index is 1250. The van der Waals surface area contributed by atoms with Gasteiger partial charge in [-0.3, -0.25) is 4.90 Å². The van der Waals surface area contributed by atoms with E-state index in [9.17, 15) is 5.26 Å². The van der Waals surface area contributed by atoms with Crippen molar-refractivity contribution in [2.45, 2.75) is 33.2 Å². The van der Waals surface area contributed by atoms with E-state index in [0.29, 0.717) is 29.8 Å². The molecule has 3 aromatic heterocycles. The molecule has 33 heavy (non-hydrogen) atoms. The fourth-order valence-electron chi connectivity index (χ4n) is 4.15. The van der Waals surface area contributed by atoms with Crippen LogP contribution in [0, 0.1) is 36.5 Å². The maximum absolute atomic E-state index is 9.73. The zero-order valence-corrected chi connectivity index (χ0v) is 19.0. The maximum atomic E-state index is 9.73. The monoisotopic (exact) mass is 442 g/mol. The average Bonchev–Trinajstić information content (AvgIpc) is 3.15. The van der Waals surface area contributed by atoms with Gasteiger partial charge in [-0.2, -0.15) is 20.6 Å². The highest BCUT2D eigenvalue weighted by atomic mass is 15.4. The minimum atomic E-state index is 0.0944. The molecule has 0 amide bonds. The largest absolute Gasteiger partial charge is 0.382 e. The fourth-order valence-corrected chi connectivity index (χ4v) is 4.15. The summed E-state index contributed by atoms with van der Waals surface area (Å²) in [4.78, 5) is 18.3. The zero-order valence-electron chi connectivity index (χ0n) is 19.0. The molecule has 10 heteroatoms. The van der Waals surface area contributed by atoms with E-state index in [4.69, 9.17) is 16.0 Å². The molecule has 1 saturated heterocycles. The second-order valence-electron chi connectivity index (χ2n) is 8.20. The smallest absolute Gasteiger partial charge is 0.253 e. The Labute approximate surface area is 192 Å². The first-order chi connectivity index (χ1) is 15.9. The Morgan fingerprint density at radius 1 is 1.15 bits per heavy atom. The molecule has 0 spiro atoms. The van der Waals surface area contributed by atoms with Gasteiger partial charge in [-0.1, -0.05) is 6.07 Å². The summed E-state index contributed by atoms with van der Waals surface area (Å²) in [6, 6.07) is 12.3. The van der Waals surface area contributed by atoms with E-state index in [-0.39, 0.29) is 11.4 Å². The maximum Gasteiger partial charge on any atom is 0.253 e. The van der Waals surface area contributed by atoms with Crippen LogP contribution >= 0.6 is 0 Å². The molecule has 2 N–H and O–H groups in total. The van der Waals surface area contributed by atoms with Crippen molar-refractivity contribution in [3.63, 3.8) is 0 Å². The van der Waals surface area contributed by atoms with E-state index in [0.717, 1.165) is 43.4 Å². The molecule has 3 aromatic rings. The van der Waals surface area contributed by atoms with Crippen molar-refractivity contribution in [2.75, 3.05) is 36.8 Å². The van der Waals surface area contributed by atoms with Crippen LogP contribution in [0.1, 0.15) is 30.3 Å². The molecule has 1 atom stereocenters. The highest BCUT2D eigenvalue weighted by molar-refractivity contribution is 5.71. The van der Waals surface area contributed by atoms with E-state index in [1.807, 2.05) is 38.1 Å². The molecule has 1 aliphatic heterocycles. The Morgan fingerprint density at radius 2 is 1.97 bits per heavy atom. The first-order valence-electron chi connectivity index (χ1n) is 10.9. The number of hydrogen-bond donors (Lipinski definition) is 1. The molecule has 0 radical (unpaired) electrons. The second kappa shape index (κ2) is 9.23. The highest BCUT2D eigenvalue weighted by Crippen LogP contribution is 2.27. The Hall–Kier alpha value is -4.02. The number of nitrogens with zero attached hydrogens (tertiary/aromatic N) is 9. The summed E-state index contributed by atoms with van der Waals surface area (Å²) >= 11 is 0. The van der Waals surface area contributed by atoms with Crippen molar-refractivity contribution < 1.29 is 0 Å². The molecule has 0 unspecified atom stereocenters. The molecule has 168 valence electrons. The standard InChI is InChI=1S/C23H26N10/c1-15-12-16(2)33(30-15)23-28-21(18(13-25)22(26)29-23)19-6-4-7-20(27-19)32-11-10-31(9-5-8-24)17(3)14-32/h4,6-7,12,17H,5,9-11,14H2,1-3H3,(H2,26,28,29)/t17-/m0/s1. The number of nitrogen functional groups attached to an aromatic ring is 1. The van der Waals surface area contributed by atoms with Gasteiger partial charge >= 0.3 is 0 Å². The van der Waals surface area contributed by atoms with Crippen molar-refractivity contribution in [2.24, 2.45) is 0 Å². The zero-order chi connectivity index (χ0) is 23.5. The summed E-state index contributed by atoms with van der Waals surface area (Å²) in [6.07, 6.45) is 0.529. The van der Waals surface area contributed by atoms with Gasteiger partial charge in [0.1, 0.15) is 29.0 Å². The molecule has 10 nitrogen and oxygen atoms in total. The lowest BCUT2D eigenvalue weighted by atomic mass is 10.1. The summed E-state index contributed by atoms with van der Waals surface area (Å²) in [5.74, 6) is 1.21. The number of anilines is 2. The van der Waals surface area contributed by atoms with Crippen molar-refractivity contribution in [3.05, 3.63) is 41.2 Å². The molecular weight excluding hydrogens is 416 g/mol. The molecule has 4 heterocycles. The molecule has 0 aromatic carbocycles. The average molecular weight is 443 g/mol. The predicted octanol–water partition coefficient (Wildman–Crippen LogP) is 2.22. The number of aromatic nitrogens is 5. The van der Waals surface area contributed by atoms with Crippen molar-refractivity contribution in [1.29, 1.82) is 10.5 Å². The van der Waals surface area contributed by atoms with Crippen molar-refractivity contribution >= 4 is 11.6 Å². The van der Waals surface area contributed by atoms with Gasteiger partial charge in [0.15, 0.2) is 0 Å². The van der Waals surface area contributed by atoms with Crippen LogP contribution in [0.5, 0.6) is 0 Å². The predicted molar refractivity (Wildman–Crippen MR) is 124 cm³/mol. The first-order valence-corrected chi connectivity index (χ1v) is 10.9. The van der Waals surface area contributed by atoms with Crippen LogP contribution in [0.4, 0.5) is 11.6 Å². The summed E-state index contributed by atoms with van der Waals surface area (Å²) in [7, 11) is 0. The second-order valence-corrected chi connectivity index (χ2v) is 8.20. The number of pyridine rings is 1. The Morgan fingerprint density at radius 3 is 2.64 bits per heavy atom. The van der Waals surface area contributed by atoms with Gasteiger partial charge in [0.2, 0.25) is 0 Å². The van der Waals surface area contributed by atoms with Crippen molar-refractivity contribution in [3.8, 4) is 29.5 Å². The van der Waals surface area contributed by atoms with Gasteiger partial charge in [-0.25, -0.2) is 14.6 Å². The van der Waals surface area contributed by atoms with Crippen LogP contribution in [0.2, 0.25) is 0 Å². The van der Waals surface area contributed by atoms with E-state index in [1.54, 1.807) is 4.68 Å². The number of nitriles is 2. The van der Waals surface area contributed by atoms with Gasteiger partial charge in [0, 0.05) is 44.3 Å². The van der Waals surface area contributed by atoms with E-state index >= 15 is 0 Å². The van der Waals surface area contributed by atoms with Crippen LogP contribution < -0.4 is 10.6 Å². The van der Waals surface area contributed by atoms with E-state index in [1.165, 1.54) is 0 Å². The van der Waals surface area contributed by atoms with Gasteiger partial charge in [0.25, 0.3) is 5.95 Å². The summed E-state index contributed by atoms with van der Waals surface area (Å²) in [5, 5.41) is 23.1. The van der Waals surface area contributed by atoms with E-state index < -0.39 is 0 Å². The molecule has 1 aliphatic rings. The van der Waals surface area contributed by atoms with Crippen LogP contribution in [0.25, 0.3) is 17.3 Å². The molecule has 0 aliphatic carbocycles. The molecule has 0 bridgehead atoms. The molecule has 1 fully saturated rings. The van der Waals surface area contributed by atoms with Crippen LogP contribution in [0.3, 0.4) is 0 Å². The minimum absolute atomic E-state index is 0.0944. The Balaban J connectivity index is 1.68. The molecular formula is C23H26N10. The topological polar surface area (TPSA) is 137 Å². The van der Waals surface area contributed by atoms with Crippen molar-refractivity contribution in [1.82, 2.24) is 29.6 Å². The number of piperazine rings is 1. The lowest BCUT2D eigenvalue weighted by Gasteiger charge is -2.40. The lowest BCUT2D eigenvalue weighted by molar-refractivity contribution is 0.193. The number of aryl methyl sites for hydroxylation is 2. The molecule has 4 rings (SSSR count). The normalized spacial score (nSPS) is 16.4. The highest BCUT2D eigenvalue weighted by Gasteiger charge is 2.25. The SMILES string of the molecule is Cc1cc(C)n(-c2nc(N)c(C#N)c(-c3cccc(N4CCN(CCC#N)[C@@H](C)C4)n3)n2)n1. The fraction of sp³-hybridized carbons (Fsp3) is 0.391. The lowest BCUT2D eigenvalue weighted by Crippen LogP contribution is -2.52. The minimum Gasteiger partial charge on any atom is -0.382 e.